The van der Waals surface area contributed by atoms with E-state index < -0.39 is 0 Å². The van der Waals surface area contributed by atoms with Gasteiger partial charge >= 0.3 is 0 Å². The maximum Gasteiger partial charge on any atom is 0.0954 e. The lowest BCUT2D eigenvalue weighted by atomic mass is 10.1. The van der Waals surface area contributed by atoms with Gasteiger partial charge in [-0.3, -0.25) is 14.9 Å². The van der Waals surface area contributed by atoms with Crippen LogP contribution in [0.2, 0.25) is 0 Å². The van der Waals surface area contributed by atoms with Gasteiger partial charge in [0.2, 0.25) is 0 Å². The summed E-state index contributed by atoms with van der Waals surface area (Å²) in [6, 6.07) is 0.737. The first-order chi connectivity index (χ1) is 9.79. The maximum atomic E-state index is 4.61. The maximum absolute atomic E-state index is 4.61. The number of hydrogen-bond acceptors (Lipinski definition) is 4. The monoisotopic (exact) mass is 269 g/mol. The van der Waals surface area contributed by atoms with E-state index in [0.717, 1.165) is 43.5 Å². The number of fused-ring (bicyclic) bond motifs is 1. The Labute approximate surface area is 118 Å². The molecular formula is C15H19N5. The number of rotatable bonds is 3. The molecule has 4 rings (SSSR count). The Morgan fingerprint density at radius 3 is 2.85 bits per heavy atom. The van der Waals surface area contributed by atoms with Crippen molar-refractivity contribution >= 4 is 0 Å². The van der Waals surface area contributed by atoms with Crippen LogP contribution in [0.1, 0.15) is 41.7 Å². The molecule has 0 amide bonds. The fourth-order valence-corrected chi connectivity index (χ4v) is 2.92. The van der Waals surface area contributed by atoms with Crippen LogP contribution in [0.25, 0.3) is 0 Å². The lowest BCUT2D eigenvalue weighted by Crippen LogP contribution is -2.31. The Morgan fingerprint density at radius 2 is 2.10 bits per heavy atom. The number of hydrogen-bond donors (Lipinski definition) is 0. The summed E-state index contributed by atoms with van der Waals surface area (Å²) in [6.45, 7) is 4.85. The molecule has 20 heavy (non-hydrogen) atoms. The summed E-state index contributed by atoms with van der Waals surface area (Å²) in [4.78, 5) is 15.8. The molecule has 1 saturated carbocycles. The zero-order chi connectivity index (χ0) is 13.5. The smallest absolute Gasteiger partial charge is 0.0954 e. The van der Waals surface area contributed by atoms with Crippen LogP contribution in [0.3, 0.4) is 0 Å². The van der Waals surface area contributed by atoms with E-state index in [0.29, 0.717) is 0 Å². The standard InChI is InChI=1S/C15H19N5/c1-11-6-17-12(7-16-11)8-19-5-4-15-14(9-19)18-10-20(15)13-2-3-13/h6-7,10,13H,2-5,8-9H2,1H3. The van der Waals surface area contributed by atoms with E-state index in [4.69, 9.17) is 0 Å². The lowest BCUT2D eigenvalue weighted by Gasteiger charge is -2.26. The van der Waals surface area contributed by atoms with Crippen LogP contribution in [-0.4, -0.2) is 31.0 Å². The van der Waals surface area contributed by atoms with Gasteiger partial charge in [-0.15, -0.1) is 0 Å². The minimum Gasteiger partial charge on any atom is -0.331 e. The van der Waals surface area contributed by atoms with Crippen LogP contribution in [0.5, 0.6) is 0 Å². The van der Waals surface area contributed by atoms with Gasteiger partial charge in [0.05, 0.1) is 23.4 Å². The van der Waals surface area contributed by atoms with Crippen LogP contribution >= 0.6 is 0 Å². The number of aromatic nitrogens is 4. The van der Waals surface area contributed by atoms with Gasteiger partial charge in [-0.1, -0.05) is 0 Å². The molecular weight excluding hydrogens is 250 g/mol. The molecule has 1 aliphatic carbocycles. The van der Waals surface area contributed by atoms with Crippen molar-refractivity contribution in [2.45, 2.75) is 45.3 Å². The van der Waals surface area contributed by atoms with Gasteiger partial charge in [0, 0.05) is 50.2 Å². The zero-order valence-electron chi connectivity index (χ0n) is 11.8. The van der Waals surface area contributed by atoms with E-state index in [2.05, 4.69) is 24.4 Å². The molecule has 0 spiro atoms. The summed E-state index contributed by atoms with van der Waals surface area (Å²) in [5.74, 6) is 0. The highest BCUT2D eigenvalue weighted by molar-refractivity contribution is 5.19. The second-order valence-electron chi connectivity index (χ2n) is 5.89. The van der Waals surface area contributed by atoms with Crippen molar-refractivity contribution in [3.63, 3.8) is 0 Å². The molecule has 2 aromatic rings. The average Bonchev–Trinajstić information content (AvgIpc) is 3.22. The van der Waals surface area contributed by atoms with Gasteiger partial charge in [-0.2, -0.15) is 0 Å². The van der Waals surface area contributed by atoms with Crippen LogP contribution in [0, 0.1) is 6.92 Å². The van der Waals surface area contributed by atoms with Gasteiger partial charge in [0.15, 0.2) is 0 Å². The first-order valence-electron chi connectivity index (χ1n) is 7.34. The van der Waals surface area contributed by atoms with Crippen LogP contribution in [0.15, 0.2) is 18.7 Å². The van der Waals surface area contributed by atoms with Crippen molar-refractivity contribution in [3.8, 4) is 0 Å². The quantitative estimate of drug-likeness (QED) is 0.853. The minimum atomic E-state index is 0.737. The summed E-state index contributed by atoms with van der Waals surface area (Å²) in [5, 5.41) is 0. The van der Waals surface area contributed by atoms with Crippen molar-refractivity contribution in [1.82, 2.24) is 24.4 Å². The van der Waals surface area contributed by atoms with Gasteiger partial charge in [-0.25, -0.2) is 4.98 Å². The van der Waals surface area contributed by atoms with Gasteiger partial charge in [0.1, 0.15) is 0 Å². The molecule has 104 valence electrons. The topological polar surface area (TPSA) is 46.8 Å². The SMILES string of the molecule is Cc1cnc(CN2CCc3c(ncn3C3CC3)C2)cn1. The van der Waals surface area contributed by atoms with E-state index in [9.17, 15) is 0 Å². The molecule has 3 heterocycles. The fraction of sp³-hybridized carbons (Fsp3) is 0.533. The summed E-state index contributed by atoms with van der Waals surface area (Å²) >= 11 is 0. The first-order valence-corrected chi connectivity index (χ1v) is 7.34. The molecule has 0 atom stereocenters. The number of aryl methyl sites for hydroxylation is 1. The molecule has 0 saturated heterocycles. The van der Waals surface area contributed by atoms with Crippen LogP contribution in [-0.2, 0) is 19.5 Å². The highest BCUT2D eigenvalue weighted by atomic mass is 15.2. The van der Waals surface area contributed by atoms with Crippen molar-refractivity contribution in [3.05, 3.63) is 41.5 Å². The predicted molar refractivity (Wildman–Crippen MR) is 75.1 cm³/mol. The van der Waals surface area contributed by atoms with E-state index in [1.807, 2.05) is 25.6 Å². The Hall–Kier alpha value is -1.75. The summed E-state index contributed by atoms with van der Waals surface area (Å²) in [6.07, 6.45) is 9.51. The summed E-state index contributed by atoms with van der Waals surface area (Å²) in [5.41, 5.74) is 4.72. The second kappa shape index (κ2) is 4.66. The Balaban J connectivity index is 1.48. The Kier molecular flexibility index (Phi) is 2.80. The molecule has 0 aromatic carbocycles. The molecule has 2 aliphatic rings. The van der Waals surface area contributed by atoms with E-state index in [1.165, 1.54) is 24.2 Å². The number of nitrogens with zero attached hydrogens (tertiary/aromatic N) is 5. The van der Waals surface area contributed by atoms with E-state index in [-0.39, 0.29) is 0 Å². The number of imidazole rings is 1. The molecule has 1 aliphatic heterocycles. The highest BCUT2D eigenvalue weighted by Gasteiger charge is 2.29. The van der Waals surface area contributed by atoms with E-state index >= 15 is 0 Å². The molecule has 0 radical (unpaired) electrons. The van der Waals surface area contributed by atoms with E-state index in [1.54, 1.807) is 0 Å². The molecule has 5 nitrogen and oxygen atoms in total. The fourth-order valence-electron chi connectivity index (χ4n) is 2.92. The van der Waals surface area contributed by atoms with Crippen LogP contribution in [0.4, 0.5) is 0 Å². The Bertz CT molecular complexity index is 612. The Morgan fingerprint density at radius 1 is 1.20 bits per heavy atom. The second-order valence-corrected chi connectivity index (χ2v) is 5.89. The molecule has 2 aromatic heterocycles. The third-order valence-electron chi connectivity index (χ3n) is 4.18. The normalized spacial score (nSPS) is 19.1. The minimum absolute atomic E-state index is 0.737. The molecule has 0 N–H and O–H groups in total. The molecule has 0 bridgehead atoms. The lowest BCUT2D eigenvalue weighted by molar-refractivity contribution is 0.236. The third kappa shape index (κ3) is 2.22. The van der Waals surface area contributed by atoms with Crippen molar-refractivity contribution < 1.29 is 0 Å². The summed E-state index contributed by atoms with van der Waals surface area (Å²) < 4.78 is 2.40. The zero-order valence-corrected chi connectivity index (χ0v) is 11.8. The molecule has 1 fully saturated rings. The van der Waals surface area contributed by atoms with Crippen molar-refractivity contribution in [2.75, 3.05) is 6.54 Å². The van der Waals surface area contributed by atoms with Gasteiger partial charge < -0.3 is 4.57 Å². The predicted octanol–water partition coefficient (Wildman–Crippen LogP) is 1.87. The molecule has 5 heteroatoms. The van der Waals surface area contributed by atoms with Crippen LogP contribution < -0.4 is 0 Å². The largest absolute Gasteiger partial charge is 0.331 e. The van der Waals surface area contributed by atoms with Gasteiger partial charge in [0.25, 0.3) is 0 Å². The highest BCUT2D eigenvalue weighted by Crippen LogP contribution is 2.37. The third-order valence-corrected chi connectivity index (χ3v) is 4.18. The summed E-state index contributed by atoms with van der Waals surface area (Å²) in [7, 11) is 0. The van der Waals surface area contributed by atoms with Gasteiger partial charge in [-0.05, 0) is 19.8 Å². The molecule has 0 unspecified atom stereocenters. The van der Waals surface area contributed by atoms with Crippen molar-refractivity contribution in [1.29, 1.82) is 0 Å². The first kappa shape index (κ1) is 12.0. The average molecular weight is 269 g/mol. The van der Waals surface area contributed by atoms with Crippen molar-refractivity contribution in [2.24, 2.45) is 0 Å².